The van der Waals surface area contributed by atoms with Crippen LogP contribution in [0.1, 0.15) is 54.4 Å². The van der Waals surface area contributed by atoms with Crippen LogP contribution < -0.4 is 0 Å². The van der Waals surface area contributed by atoms with Gasteiger partial charge < -0.3 is 9.71 Å². The lowest BCUT2D eigenvalue weighted by Crippen LogP contribution is -2.63. The van der Waals surface area contributed by atoms with Crippen molar-refractivity contribution in [1.82, 2.24) is 9.71 Å². The molecule has 0 aliphatic carbocycles. The first kappa shape index (κ1) is 14.0. The van der Waals surface area contributed by atoms with Crippen LogP contribution in [0.15, 0.2) is 0 Å². The Bertz CT molecular complexity index is 216. The first-order valence-corrected chi connectivity index (χ1v) is 6.53. The zero-order valence-electron chi connectivity index (χ0n) is 11.9. The number of hydrogen-bond acceptors (Lipinski definition) is 2. The Balaban J connectivity index is 2.86. The Morgan fingerprint density at radius 1 is 1.06 bits per heavy atom. The Labute approximate surface area is 103 Å². The Hall–Kier alpha value is -0.0151. The van der Waals surface area contributed by atoms with E-state index in [1.54, 1.807) is 0 Å². The molecular weight excluding hydrogens is 195 g/mol. The lowest BCUT2D eigenvalue weighted by molar-refractivity contribution is -0.00253. The Kier molecular flexibility index (Phi) is 4.12. The Morgan fingerprint density at radius 2 is 1.44 bits per heavy atom. The van der Waals surface area contributed by atoms with Crippen molar-refractivity contribution in [3.63, 3.8) is 0 Å². The monoisotopic (exact) mass is 222 g/mol. The number of nitrogens with zero attached hydrogens (tertiary/aromatic N) is 2. The molecule has 1 fully saturated rings. The third kappa shape index (κ3) is 2.62. The Morgan fingerprint density at radius 3 is 1.75 bits per heavy atom. The normalized spacial score (nSPS) is 26.2. The zero-order valence-corrected chi connectivity index (χ0v) is 11.9. The summed E-state index contributed by atoms with van der Waals surface area (Å²) < 4.78 is 0. The summed E-state index contributed by atoms with van der Waals surface area (Å²) in [7, 11) is 6.25. The molecule has 0 N–H and O–H groups in total. The molecule has 0 spiro atoms. The van der Waals surface area contributed by atoms with E-state index in [2.05, 4.69) is 51.3 Å². The quantitative estimate of drug-likeness (QED) is 0.677. The van der Waals surface area contributed by atoms with Gasteiger partial charge in [0.25, 0.3) is 0 Å². The number of rotatable bonds is 3. The van der Waals surface area contributed by atoms with Crippen molar-refractivity contribution in [1.29, 1.82) is 0 Å². The SMILES string of the molecule is [B]N1C(C)(C)CC(N(CC)CC)CC1(C)C. The molecule has 0 aromatic rings. The van der Waals surface area contributed by atoms with Gasteiger partial charge in [0.2, 0.25) is 0 Å². The summed E-state index contributed by atoms with van der Waals surface area (Å²) in [5, 5.41) is 0. The molecule has 0 aromatic heterocycles. The van der Waals surface area contributed by atoms with E-state index in [1.807, 2.05) is 0 Å². The van der Waals surface area contributed by atoms with E-state index in [0.717, 1.165) is 25.9 Å². The topological polar surface area (TPSA) is 6.48 Å². The van der Waals surface area contributed by atoms with Crippen molar-refractivity contribution in [3.8, 4) is 0 Å². The summed E-state index contributed by atoms with van der Waals surface area (Å²) >= 11 is 0. The minimum atomic E-state index is 0.0923. The number of piperidine rings is 1. The molecule has 16 heavy (non-hydrogen) atoms. The molecule has 1 saturated heterocycles. The highest BCUT2D eigenvalue weighted by Crippen LogP contribution is 2.38. The second kappa shape index (κ2) is 4.69. The van der Waals surface area contributed by atoms with Crippen LogP contribution in [0, 0.1) is 0 Å². The summed E-state index contributed by atoms with van der Waals surface area (Å²) in [5.74, 6) is 0. The van der Waals surface area contributed by atoms with Crippen molar-refractivity contribution in [2.45, 2.75) is 71.5 Å². The van der Waals surface area contributed by atoms with Gasteiger partial charge in [-0.3, -0.25) is 0 Å². The van der Waals surface area contributed by atoms with Gasteiger partial charge in [-0.25, -0.2) is 0 Å². The summed E-state index contributed by atoms with van der Waals surface area (Å²) in [6.45, 7) is 15.8. The van der Waals surface area contributed by atoms with E-state index in [4.69, 9.17) is 7.98 Å². The molecule has 1 rings (SSSR count). The maximum Gasteiger partial charge on any atom is 0.183 e. The fraction of sp³-hybridized carbons (Fsp3) is 1.00. The second-order valence-corrected chi connectivity index (χ2v) is 6.28. The highest BCUT2D eigenvalue weighted by molar-refractivity contribution is 6.05. The van der Waals surface area contributed by atoms with Crippen LogP contribution in [0.3, 0.4) is 0 Å². The fourth-order valence-electron chi connectivity index (χ4n) is 3.24. The van der Waals surface area contributed by atoms with Gasteiger partial charge in [-0.05, 0) is 53.6 Å². The van der Waals surface area contributed by atoms with E-state index in [0.29, 0.717) is 6.04 Å². The van der Waals surface area contributed by atoms with Crippen molar-refractivity contribution in [2.24, 2.45) is 0 Å². The lowest BCUT2D eigenvalue weighted by atomic mass is 9.74. The van der Waals surface area contributed by atoms with Gasteiger partial charge in [-0.2, -0.15) is 0 Å². The third-order valence-electron chi connectivity index (χ3n) is 4.10. The van der Waals surface area contributed by atoms with Crippen LogP contribution in [0.4, 0.5) is 0 Å². The van der Waals surface area contributed by atoms with Crippen molar-refractivity contribution < 1.29 is 0 Å². The fourth-order valence-corrected chi connectivity index (χ4v) is 3.24. The minimum Gasteiger partial charge on any atom is -0.344 e. The molecule has 2 radical (unpaired) electrons. The van der Waals surface area contributed by atoms with Gasteiger partial charge >= 0.3 is 0 Å². The molecule has 0 aromatic carbocycles. The molecule has 0 saturated carbocycles. The molecule has 0 amide bonds. The van der Waals surface area contributed by atoms with E-state index in [9.17, 15) is 0 Å². The van der Waals surface area contributed by atoms with E-state index < -0.39 is 0 Å². The summed E-state index contributed by atoms with van der Waals surface area (Å²) in [6.07, 6.45) is 2.32. The van der Waals surface area contributed by atoms with Gasteiger partial charge in [0.05, 0.1) is 0 Å². The summed E-state index contributed by atoms with van der Waals surface area (Å²) in [6, 6.07) is 0.666. The molecular formula is C13H27BN2. The van der Waals surface area contributed by atoms with Crippen molar-refractivity contribution in [2.75, 3.05) is 13.1 Å². The lowest BCUT2D eigenvalue weighted by Gasteiger charge is -2.56. The smallest absolute Gasteiger partial charge is 0.183 e. The van der Waals surface area contributed by atoms with E-state index in [1.165, 1.54) is 0 Å². The van der Waals surface area contributed by atoms with Crippen molar-refractivity contribution in [3.05, 3.63) is 0 Å². The molecule has 1 aliphatic heterocycles. The number of hydrogen-bond donors (Lipinski definition) is 0. The summed E-state index contributed by atoms with van der Waals surface area (Å²) in [5.41, 5.74) is 0.185. The van der Waals surface area contributed by atoms with Crippen LogP contribution in [-0.4, -0.2) is 47.9 Å². The minimum absolute atomic E-state index is 0.0923. The van der Waals surface area contributed by atoms with Gasteiger partial charge in [-0.1, -0.05) is 13.8 Å². The average molecular weight is 222 g/mol. The van der Waals surface area contributed by atoms with Crippen LogP contribution in [0.2, 0.25) is 0 Å². The van der Waals surface area contributed by atoms with Crippen LogP contribution in [-0.2, 0) is 0 Å². The molecule has 2 nitrogen and oxygen atoms in total. The van der Waals surface area contributed by atoms with Gasteiger partial charge in [-0.15, -0.1) is 0 Å². The molecule has 3 heteroatoms. The molecule has 0 atom stereocenters. The first-order chi connectivity index (χ1) is 7.24. The maximum atomic E-state index is 6.25. The predicted molar refractivity (Wildman–Crippen MR) is 71.7 cm³/mol. The molecule has 0 unspecified atom stereocenters. The van der Waals surface area contributed by atoms with Gasteiger partial charge in [0, 0.05) is 17.1 Å². The maximum absolute atomic E-state index is 6.25. The largest absolute Gasteiger partial charge is 0.344 e. The molecule has 0 bridgehead atoms. The zero-order chi connectivity index (χ0) is 12.6. The first-order valence-electron chi connectivity index (χ1n) is 6.53. The summed E-state index contributed by atoms with van der Waals surface area (Å²) in [4.78, 5) is 4.62. The van der Waals surface area contributed by atoms with Crippen molar-refractivity contribution >= 4 is 7.98 Å². The van der Waals surface area contributed by atoms with Gasteiger partial charge in [0.15, 0.2) is 7.98 Å². The van der Waals surface area contributed by atoms with E-state index >= 15 is 0 Å². The van der Waals surface area contributed by atoms with Crippen LogP contribution in [0.5, 0.6) is 0 Å². The molecule has 1 heterocycles. The highest BCUT2D eigenvalue weighted by Gasteiger charge is 2.43. The standard InChI is InChI=1S/C13H27BN2/c1-7-15(8-2)11-9-12(3,4)16(14)13(5,6)10-11/h11H,7-10H2,1-6H3. The predicted octanol–water partition coefficient (Wildman–Crippen LogP) is 2.43. The van der Waals surface area contributed by atoms with Crippen LogP contribution >= 0.6 is 0 Å². The van der Waals surface area contributed by atoms with Gasteiger partial charge in [0.1, 0.15) is 0 Å². The van der Waals surface area contributed by atoms with E-state index in [-0.39, 0.29) is 11.1 Å². The molecule has 92 valence electrons. The third-order valence-corrected chi connectivity index (χ3v) is 4.10. The second-order valence-electron chi connectivity index (χ2n) is 6.28. The average Bonchev–Trinajstić information content (AvgIpc) is 2.15. The highest BCUT2D eigenvalue weighted by atomic mass is 15.2. The molecule has 1 aliphatic rings. The van der Waals surface area contributed by atoms with Crippen LogP contribution in [0.25, 0.3) is 0 Å².